The minimum absolute atomic E-state index is 0.210. The Balaban J connectivity index is 2.73. The Labute approximate surface area is 71.2 Å². The van der Waals surface area contributed by atoms with Crippen molar-refractivity contribution in [1.29, 1.82) is 0 Å². The lowest BCUT2D eigenvalue weighted by atomic mass is 10.3. The zero-order chi connectivity index (χ0) is 8.97. The van der Waals surface area contributed by atoms with E-state index in [1.165, 1.54) is 18.5 Å². The summed E-state index contributed by atoms with van der Waals surface area (Å²) in [6.45, 7) is 0. The van der Waals surface area contributed by atoms with Gasteiger partial charge < -0.3 is 4.55 Å². The van der Waals surface area contributed by atoms with Gasteiger partial charge in [0.05, 0.1) is 5.56 Å². The summed E-state index contributed by atoms with van der Waals surface area (Å²) in [6, 6.07) is 3.01. The van der Waals surface area contributed by atoms with Crippen molar-refractivity contribution in [2.24, 2.45) is 0 Å². The van der Waals surface area contributed by atoms with Crippen LogP contribution >= 0.6 is 0 Å². The summed E-state index contributed by atoms with van der Waals surface area (Å²) in [5.41, 5.74) is 0.210. The fourth-order valence-corrected chi connectivity index (χ4v) is 0.901. The molecule has 1 aromatic rings. The number of hydrogen-bond donors (Lipinski definition) is 1. The van der Waals surface area contributed by atoms with Crippen LogP contribution in [0.3, 0.4) is 0 Å². The van der Waals surface area contributed by atoms with Gasteiger partial charge in [0.2, 0.25) is 0 Å². The summed E-state index contributed by atoms with van der Waals surface area (Å²) < 4.78 is 21.8. The standard InChI is InChI=1S/C6H6N2O3S/c9-6(8-12(10)11)5-2-1-3-7-4-5/h1-4H,(H,8,9)(H,10,11)/p-1. The lowest BCUT2D eigenvalue weighted by Crippen LogP contribution is -2.25. The second-order valence-electron chi connectivity index (χ2n) is 1.91. The third-order valence-corrected chi connectivity index (χ3v) is 1.45. The van der Waals surface area contributed by atoms with Crippen molar-refractivity contribution in [3.8, 4) is 0 Å². The maximum absolute atomic E-state index is 10.9. The van der Waals surface area contributed by atoms with Gasteiger partial charge in [-0.1, -0.05) is 0 Å². The Morgan fingerprint density at radius 1 is 1.67 bits per heavy atom. The van der Waals surface area contributed by atoms with Crippen molar-refractivity contribution < 1.29 is 13.6 Å². The van der Waals surface area contributed by atoms with Crippen LogP contribution in [-0.2, 0) is 11.3 Å². The highest BCUT2D eigenvalue weighted by atomic mass is 32.2. The van der Waals surface area contributed by atoms with Crippen molar-refractivity contribution in [3.05, 3.63) is 30.1 Å². The van der Waals surface area contributed by atoms with Crippen LogP contribution in [0.4, 0.5) is 0 Å². The van der Waals surface area contributed by atoms with Crippen LogP contribution in [-0.4, -0.2) is 19.7 Å². The van der Waals surface area contributed by atoms with Gasteiger partial charge in [0.25, 0.3) is 5.91 Å². The molecule has 1 atom stereocenters. The molecule has 0 fully saturated rings. The first-order chi connectivity index (χ1) is 5.70. The van der Waals surface area contributed by atoms with Gasteiger partial charge in [0.15, 0.2) is 0 Å². The highest BCUT2D eigenvalue weighted by molar-refractivity contribution is 7.77. The number of carbonyl (C=O) groups is 1. The van der Waals surface area contributed by atoms with E-state index in [0.29, 0.717) is 0 Å². The van der Waals surface area contributed by atoms with Crippen molar-refractivity contribution >= 4 is 17.2 Å². The number of pyridine rings is 1. The zero-order valence-electron chi connectivity index (χ0n) is 5.89. The fourth-order valence-electron chi connectivity index (χ4n) is 0.632. The Hall–Kier alpha value is -1.27. The summed E-state index contributed by atoms with van der Waals surface area (Å²) in [4.78, 5) is 14.6. The molecule has 0 aromatic carbocycles. The van der Waals surface area contributed by atoms with Crippen LogP contribution in [0.5, 0.6) is 0 Å². The predicted octanol–water partition coefficient (Wildman–Crippen LogP) is -0.395. The van der Waals surface area contributed by atoms with Crippen LogP contribution in [0, 0.1) is 0 Å². The van der Waals surface area contributed by atoms with E-state index in [2.05, 4.69) is 4.98 Å². The molecule has 1 N–H and O–H groups in total. The van der Waals surface area contributed by atoms with Gasteiger partial charge in [-0.25, -0.2) is 0 Å². The van der Waals surface area contributed by atoms with E-state index in [1.807, 2.05) is 0 Å². The molecule has 0 bridgehead atoms. The SMILES string of the molecule is O=C(NS(=O)[O-])c1cccnc1. The number of rotatable bonds is 2. The molecule has 0 saturated heterocycles. The van der Waals surface area contributed by atoms with Crippen molar-refractivity contribution in [2.75, 3.05) is 0 Å². The Kier molecular flexibility index (Phi) is 2.89. The molecule has 1 aromatic heterocycles. The van der Waals surface area contributed by atoms with Crippen molar-refractivity contribution in [3.63, 3.8) is 0 Å². The number of nitrogens with zero attached hydrogens (tertiary/aromatic N) is 1. The van der Waals surface area contributed by atoms with Crippen LogP contribution in [0.15, 0.2) is 24.5 Å². The van der Waals surface area contributed by atoms with Gasteiger partial charge in [-0.2, -0.15) is 0 Å². The quantitative estimate of drug-likeness (QED) is 0.636. The van der Waals surface area contributed by atoms with E-state index in [0.717, 1.165) is 0 Å². The molecular weight excluding hydrogens is 180 g/mol. The first-order valence-electron chi connectivity index (χ1n) is 3.00. The molecule has 5 nitrogen and oxygen atoms in total. The van der Waals surface area contributed by atoms with Gasteiger partial charge in [-0.05, 0) is 12.1 Å². The Bertz CT molecular complexity index is 301. The van der Waals surface area contributed by atoms with E-state index in [9.17, 15) is 13.6 Å². The summed E-state index contributed by atoms with van der Waals surface area (Å²) in [5, 5.41) is 0. The van der Waals surface area contributed by atoms with E-state index < -0.39 is 17.2 Å². The average Bonchev–Trinajstić information content (AvgIpc) is 2.05. The van der Waals surface area contributed by atoms with Crippen LogP contribution in [0.2, 0.25) is 0 Å². The molecule has 0 radical (unpaired) electrons. The third-order valence-electron chi connectivity index (χ3n) is 1.10. The predicted molar refractivity (Wildman–Crippen MR) is 40.6 cm³/mol. The third kappa shape index (κ3) is 2.40. The number of nitrogens with one attached hydrogen (secondary N) is 1. The molecule has 0 saturated carbocycles. The van der Waals surface area contributed by atoms with E-state index in [4.69, 9.17) is 0 Å². The average molecular weight is 185 g/mol. The molecule has 0 aliphatic rings. The molecular formula is C6H5N2O3S-. The normalized spacial score (nSPS) is 12.1. The first kappa shape index (κ1) is 8.82. The van der Waals surface area contributed by atoms with Gasteiger partial charge in [0, 0.05) is 23.7 Å². The van der Waals surface area contributed by atoms with Gasteiger partial charge in [-0.3, -0.25) is 18.7 Å². The number of carbonyl (C=O) groups excluding carboxylic acids is 1. The fraction of sp³-hybridized carbons (Fsp3) is 0. The largest absolute Gasteiger partial charge is 0.755 e. The molecule has 0 aliphatic carbocycles. The van der Waals surface area contributed by atoms with Crippen LogP contribution < -0.4 is 4.72 Å². The van der Waals surface area contributed by atoms with E-state index in [-0.39, 0.29) is 5.56 Å². The molecule has 1 unspecified atom stereocenters. The topological polar surface area (TPSA) is 82.1 Å². The second-order valence-corrected chi connectivity index (χ2v) is 2.58. The molecule has 1 rings (SSSR count). The van der Waals surface area contributed by atoms with Crippen LogP contribution in [0.25, 0.3) is 0 Å². The van der Waals surface area contributed by atoms with Gasteiger partial charge >= 0.3 is 0 Å². The maximum Gasteiger partial charge on any atom is 0.263 e. The van der Waals surface area contributed by atoms with Crippen molar-refractivity contribution in [2.45, 2.75) is 0 Å². The first-order valence-corrected chi connectivity index (χ1v) is 4.08. The molecule has 6 heteroatoms. The number of aromatic nitrogens is 1. The Morgan fingerprint density at radius 2 is 2.42 bits per heavy atom. The summed E-state index contributed by atoms with van der Waals surface area (Å²) in [6.07, 6.45) is 2.77. The lowest BCUT2D eigenvalue weighted by molar-refractivity contribution is 0.0980. The molecule has 64 valence electrons. The molecule has 0 aliphatic heterocycles. The molecule has 1 amide bonds. The number of hydrogen-bond acceptors (Lipinski definition) is 4. The highest BCUT2D eigenvalue weighted by Crippen LogP contribution is 1.94. The minimum Gasteiger partial charge on any atom is -0.755 e. The summed E-state index contributed by atoms with van der Waals surface area (Å²) in [7, 11) is 0. The monoisotopic (exact) mass is 185 g/mol. The zero-order valence-corrected chi connectivity index (χ0v) is 6.71. The highest BCUT2D eigenvalue weighted by Gasteiger charge is 2.02. The second kappa shape index (κ2) is 3.93. The molecule has 1 heterocycles. The molecule has 0 spiro atoms. The summed E-state index contributed by atoms with van der Waals surface area (Å²) >= 11 is -2.57. The Morgan fingerprint density at radius 3 is 2.92 bits per heavy atom. The summed E-state index contributed by atoms with van der Waals surface area (Å²) in [5.74, 6) is -0.684. The van der Waals surface area contributed by atoms with Crippen LogP contribution in [0.1, 0.15) is 10.4 Å². The van der Waals surface area contributed by atoms with Gasteiger partial charge in [0.1, 0.15) is 0 Å². The smallest absolute Gasteiger partial charge is 0.263 e. The van der Waals surface area contributed by atoms with Gasteiger partial charge in [-0.15, -0.1) is 0 Å². The van der Waals surface area contributed by atoms with E-state index >= 15 is 0 Å². The van der Waals surface area contributed by atoms with Crippen molar-refractivity contribution in [1.82, 2.24) is 9.71 Å². The number of amides is 1. The van der Waals surface area contributed by atoms with E-state index in [1.54, 1.807) is 10.8 Å². The lowest BCUT2D eigenvalue weighted by Gasteiger charge is -2.05. The maximum atomic E-state index is 10.9. The molecule has 12 heavy (non-hydrogen) atoms. The minimum atomic E-state index is -2.57.